The third-order valence-corrected chi connectivity index (χ3v) is 4.06. The highest BCUT2D eigenvalue weighted by atomic mass is 16.1. The highest BCUT2D eigenvalue weighted by Crippen LogP contribution is 2.13. The van der Waals surface area contributed by atoms with Crippen LogP contribution in [0.2, 0.25) is 0 Å². The van der Waals surface area contributed by atoms with Gasteiger partial charge in [0.25, 0.3) is 0 Å². The Kier molecular flexibility index (Phi) is 15.3. The zero-order valence-corrected chi connectivity index (χ0v) is 14.7. The summed E-state index contributed by atoms with van der Waals surface area (Å²) < 4.78 is 0. The summed E-state index contributed by atoms with van der Waals surface area (Å²) in [6.45, 7) is 7.99. The predicted octanol–water partition coefficient (Wildman–Crippen LogP) is 7.00. The van der Waals surface area contributed by atoms with Gasteiger partial charge in [-0.25, -0.2) is 0 Å². The summed E-state index contributed by atoms with van der Waals surface area (Å²) in [6.07, 6.45) is 19.0. The number of unbranched alkanes of at least 4 members (excludes halogenated alkanes) is 12. The van der Waals surface area contributed by atoms with Crippen molar-refractivity contribution in [2.24, 2.45) is 0 Å². The van der Waals surface area contributed by atoms with Gasteiger partial charge in [-0.05, 0) is 13.3 Å². The number of hydrogen-bond donors (Lipinski definition) is 0. The molecule has 21 heavy (non-hydrogen) atoms. The molecule has 0 aliphatic rings. The first-order valence-corrected chi connectivity index (χ1v) is 9.33. The molecule has 0 aromatic heterocycles. The van der Waals surface area contributed by atoms with Gasteiger partial charge in [-0.15, -0.1) is 0 Å². The number of carbonyl (C=O) groups excluding carboxylic acids is 1. The topological polar surface area (TPSA) is 17.1 Å². The standard InChI is InChI=1S/C20H38O/c1-4-5-6-7-8-9-10-11-12-13-14-15-16-17-20(21)18-19(2)3/h2,4-18H2,1,3H3. The molecule has 0 heterocycles. The molecule has 0 aliphatic carbocycles. The normalized spacial score (nSPS) is 10.8. The van der Waals surface area contributed by atoms with E-state index in [2.05, 4.69) is 13.5 Å². The van der Waals surface area contributed by atoms with Crippen LogP contribution in [0.1, 0.15) is 110 Å². The Bertz CT molecular complexity index is 255. The molecule has 124 valence electrons. The van der Waals surface area contributed by atoms with Crippen LogP contribution >= 0.6 is 0 Å². The Morgan fingerprint density at radius 2 is 1.10 bits per heavy atom. The van der Waals surface area contributed by atoms with E-state index in [0.717, 1.165) is 18.4 Å². The molecule has 0 radical (unpaired) electrons. The maximum atomic E-state index is 11.5. The minimum Gasteiger partial charge on any atom is -0.299 e. The second-order valence-corrected chi connectivity index (χ2v) is 6.67. The van der Waals surface area contributed by atoms with Gasteiger partial charge in [0, 0.05) is 12.8 Å². The second kappa shape index (κ2) is 15.8. The van der Waals surface area contributed by atoms with Gasteiger partial charge in [-0.2, -0.15) is 0 Å². The molecule has 0 spiro atoms. The van der Waals surface area contributed by atoms with E-state index in [4.69, 9.17) is 0 Å². The summed E-state index contributed by atoms with van der Waals surface area (Å²) in [5, 5.41) is 0. The molecule has 0 unspecified atom stereocenters. The van der Waals surface area contributed by atoms with E-state index in [-0.39, 0.29) is 0 Å². The first kappa shape index (κ1) is 20.4. The van der Waals surface area contributed by atoms with Gasteiger partial charge >= 0.3 is 0 Å². The van der Waals surface area contributed by atoms with Crippen LogP contribution in [0.5, 0.6) is 0 Å². The predicted molar refractivity (Wildman–Crippen MR) is 94.8 cm³/mol. The van der Waals surface area contributed by atoms with E-state index < -0.39 is 0 Å². The van der Waals surface area contributed by atoms with E-state index in [9.17, 15) is 4.79 Å². The van der Waals surface area contributed by atoms with E-state index in [1.807, 2.05) is 6.92 Å². The van der Waals surface area contributed by atoms with Crippen molar-refractivity contribution in [1.82, 2.24) is 0 Å². The number of ketones is 1. The summed E-state index contributed by atoms with van der Waals surface area (Å²) in [7, 11) is 0. The molecule has 1 nitrogen and oxygen atoms in total. The van der Waals surface area contributed by atoms with Crippen molar-refractivity contribution < 1.29 is 4.79 Å². The minimum atomic E-state index is 0.366. The molecule has 0 bridgehead atoms. The number of Topliss-reactive ketones (excluding diaryl/α,β-unsaturated/α-hetero) is 1. The van der Waals surface area contributed by atoms with Gasteiger partial charge in [0.2, 0.25) is 0 Å². The molecule has 0 rings (SSSR count). The summed E-state index contributed by atoms with van der Waals surface area (Å²) in [4.78, 5) is 11.5. The number of rotatable bonds is 16. The third kappa shape index (κ3) is 17.4. The Morgan fingerprint density at radius 1 is 0.714 bits per heavy atom. The van der Waals surface area contributed by atoms with Crippen LogP contribution < -0.4 is 0 Å². The second-order valence-electron chi connectivity index (χ2n) is 6.67. The molecule has 0 saturated heterocycles. The Labute approximate surface area is 133 Å². The van der Waals surface area contributed by atoms with Crippen molar-refractivity contribution in [3.05, 3.63) is 12.2 Å². The molecule has 0 aromatic carbocycles. The molecule has 1 heteroatoms. The zero-order chi connectivity index (χ0) is 15.8. The van der Waals surface area contributed by atoms with Crippen LogP contribution in [0.15, 0.2) is 12.2 Å². The van der Waals surface area contributed by atoms with Crippen LogP contribution in [0.25, 0.3) is 0 Å². The van der Waals surface area contributed by atoms with Gasteiger partial charge in [0.15, 0.2) is 0 Å². The fraction of sp³-hybridized carbons (Fsp3) is 0.850. The van der Waals surface area contributed by atoms with Gasteiger partial charge in [-0.3, -0.25) is 4.79 Å². The molecule has 0 saturated carbocycles. The van der Waals surface area contributed by atoms with Crippen molar-refractivity contribution in [2.45, 2.75) is 110 Å². The van der Waals surface area contributed by atoms with Crippen LogP contribution in [0.4, 0.5) is 0 Å². The Morgan fingerprint density at radius 3 is 1.48 bits per heavy atom. The maximum Gasteiger partial charge on any atom is 0.136 e. The van der Waals surface area contributed by atoms with E-state index in [1.165, 1.54) is 77.0 Å². The number of hydrogen-bond acceptors (Lipinski definition) is 1. The smallest absolute Gasteiger partial charge is 0.136 e. The van der Waals surface area contributed by atoms with Gasteiger partial charge < -0.3 is 0 Å². The Balaban J connectivity index is 3.09. The highest BCUT2D eigenvalue weighted by molar-refractivity contribution is 5.80. The van der Waals surface area contributed by atoms with Crippen LogP contribution in [0, 0.1) is 0 Å². The molecule has 0 aromatic rings. The maximum absolute atomic E-state index is 11.5. The van der Waals surface area contributed by atoms with E-state index >= 15 is 0 Å². The van der Waals surface area contributed by atoms with Gasteiger partial charge in [-0.1, -0.05) is 96.1 Å². The Hall–Kier alpha value is -0.590. The number of carbonyl (C=O) groups is 1. The molecule has 0 N–H and O–H groups in total. The fourth-order valence-corrected chi connectivity index (χ4v) is 2.76. The zero-order valence-electron chi connectivity index (χ0n) is 14.7. The lowest BCUT2D eigenvalue weighted by atomic mass is 10.0. The van der Waals surface area contributed by atoms with Crippen molar-refractivity contribution in [3.8, 4) is 0 Å². The molecule has 0 atom stereocenters. The first-order valence-electron chi connectivity index (χ1n) is 9.33. The average Bonchev–Trinajstić information content (AvgIpc) is 2.43. The lowest BCUT2D eigenvalue weighted by molar-refractivity contribution is -0.118. The fourth-order valence-electron chi connectivity index (χ4n) is 2.76. The van der Waals surface area contributed by atoms with Crippen molar-refractivity contribution in [2.75, 3.05) is 0 Å². The average molecular weight is 295 g/mol. The lowest BCUT2D eigenvalue weighted by Crippen LogP contribution is -1.97. The van der Waals surface area contributed by atoms with Crippen LogP contribution in [-0.2, 0) is 4.79 Å². The third-order valence-electron chi connectivity index (χ3n) is 4.06. The largest absolute Gasteiger partial charge is 0.299 e. The monoisotopic (exact) mass is 294 g/mol. The molecular formula is C20H38O. The lowest BCUT2D eigenvalue weighted by Gasteiger charge is -2.03. The summed E-state index contributed by atoms with van der Waals surface area (Å²) in [5.74, 6) is 0.366. The first-order chi connectivity index (χ1) is 10.2. The van der Waals surface area contributed by atoms with Gasteiger partial charge in [0.05, 0.1) is 0 Å². The highest BCUT2D eigenvalue weighted by Gasteiger charge is 2.01. The van der Waals surface area contributed by atoms with Crippen molar-refractivity contribution in [1.29, 1.82) is 0 Å². The van der Waals surface area contributed by atoms with Crippen molar-refractivity contribution >= 4 is 5.78 Å². The quantitative estimate of drug-likeness (QED) is 0.221. The van der Waals surface area contributed by atoms with E-state index in [0.29, 0.717) is 12.2 Å². The molecule has 0 aliphatic heterocycles. The summed E-state index contributed by atoms with van der Waals surface area (Å²) in [5.41, 5.74) is 0.995. The summed E-state index contributed by atoms with van der Waals surface area (Å²) >= 11 is 0. The van der Waals surface area contributed by atoms with Gasteiger partial charge in [0.1, 0.15) is 5.78 Å². The van der Waals surface area contributed by atoms with Crippen LogP contribution in [0.3, 0.4) is 0 Å². The number of allylic oxidation sites excluding steroid dienone is 1. The SMILES string of the molecule is C=C(C)CC(=O)CCCCCCCCCCCCCCC. The molecular weight excluding hydrogens is 256 g/mol. The summed E-state index contributed by atoms with van der Waals surface area (Å²) in [6, 6.07) is 0. The molecule has 0 amide bonds. The van der Waals surface area contributed by atoms with E-state index in [1.54, 1.807) is 0 Å². The molecule has 0 fully saturated rings. The van der Waals surface area contributed by atoms with Crippen LogP contribution in [-0.4, -0.2) is 5.78 Å². The van der Waals surface area contributed by atoms with Crippen molar-refractivity contribution in [3.63, 3.8) is 0 Å². The minimum absolute atomic E-state index is 0.366.